The van der Waals surface area contributed by atoms with E-state index in [1.807, 2.05) is 4.72 Å². The number of benzene rings is 2. The summed E-state index contributed by atoms with van der Waals surface area (Å²) in [5.74, 6) is -2.07. The minimum Gasteiger partial charge on any atom is -0.480 e. The van der Waals surface area contributed by atoms with Gasteiger partial charge in [-0.05, 0) is 42.5 Å². The van der Waals surface area contributed by atoms with Crippen molar-refractivity contribution in [1.82, 2.24) is 4.72 Å². The lowest BCUT2D eigenvalue weighted by molar-refractivity contribution is -0.135. The van der Waals surface area contributed by atoms with E-state index in [1.54, 1.807) is 0 Å². The normalized spacial score (nSPS) is 10.9. The van der Waals surface area contributed by atoms with Gasteiger partial charge in [0.2, 0.25) is 10.0 Å². The number of esters is 1. The van der Waals surface area contributed by atoms with Crippen molar-refractivity contribution in [1.29, 1.82) is 5.41 Å². The topological polar surface area (TPSA) is 160 Å². The molecule has 0 amide bonds. The van der Waals surface area contributed by atoms with Crippen LogP contribution in [0.1, 0.15) is 15.9 Å². The Bertz CT molecular complexity index is 954. The predicted octanol–water partition coefficient (Wildman–Crippen LogP) is 0.553. The molecule has 0 saturated heterocycles. The van der Waals surface area contributed by atoms with Crippen LogP contribution in [-0.2, 0) is 14.8 Å². The number of sulfonamides is 1. The highest BCUT2D eigenvalue weighted by Crippen LogP contribution is 2.16. The van der Waals surface area contributed by atoms with E-state index in [0.717, 1.165) is 6.07 Å². The summed E-state index contributed by atoms with van der Waals surface area (Å²) in [4.78, 5) is 22.4. The fraction of sp³-hybridized carbons (Fsp3) is 0.0625. The number of amidine groups is 1. The summed E-state index contributed by atoms with van der Waals surface area (Å²) in [6.07, 6.45) is 0. The second-order valence-corrected chi connectivity index (χ2v) is 6.84. The molecule has 136 valence electrons. The third-order valence-electron chi connectivity index (χ3n) is 3.17. The lowest BCUT2D eigenvalue weighted by Gasteiger charge is -2.08. The highest BCUT2D eigenvalue weighted by atomic mass is 32.2. The molecule has 2 rings (SSSR count). The number of carboxylic acid groups (broad SMARTS) is 1. The van der Waals surface area contributed by atoms with Gasteiger partial charge in [-0.3, -0.25) is 10.2 Å². The number of hydrogen-bond acceptors (Lipinski definition) is 6. The van der Waals surface area contributed by atoms with Crippen molar-refractivity contribution in [2.45, 2.75) is 4.90 Å². The zero-order valence-electron chi connectivity index (χ0n) is 13.3. The van der Waals surface area contributed by atoms with E-state index in [0.29, 0.717) is 5.56 Å². The van der Waals surface area contributed by atoms with Crippen molar-refractivity contribution in [2.24, 2.45) is 5.73 Å². The first kappa shape index (κ1) is 19.1. The zero-order chi connectivity index (χ0) is 19.3. The van der Waals surface area contributed by atoms with Crippen molar-refractivity contribution in [3.8, 4) is 5.75 Å². The SMILES string of the molecule is N=C(N)c1ccc(OC(=O)c2cccc(S(=O)(=O)NCC(=O)O)c2)cc1. The van der Waals surface area contributed by atoms with Gasteiger partial charge in [0.25, 0.3) is 0 Å². The highest BCUT2D eigenvalue weighted by molar-refractivity contribution is 7.89. The Kier molecular flexibility index (Phi) is 5.70. The van der Waals surface area contributed by atoms with Gasteiger partial charge in [0.15, 0.2) is 0 Å². The summed E-state index contributed by atoms with van der Waals surface area (Å²) >= 11 is 0. The number of hydrogen-bond donors (Lipinski definition) is 4. The van der Waals surface area contributed by atoms with Crippen LogP contribution in [0, 0.1) is 5.41 Å². The molecule has 10 heteroatoms. The molecule has 0 aromatic heterocycles. The Labute approximate surface area is 149 Å². The number of aliphatic carboxylic acids is 1. The number of rotatable bonds is 7. The lowest BCUT2D eigenvalue weighted by Crippen LogP contribution is -2.29. The second-order valence-electron chi connectivity index (χ2n) is 5.07. The molecule has 5 N–H and O–H groups in total. The molecule has 26 heavy (non-hydrogen) atoms. The summed E-state index contributed by atoms with van der Waals surface area (Å²) in [6, 6.07) is 10.9. The molecule has 0 aliphatic heterocycles. The Balaban J connectivity index is 2.17. The summed E-state index contributed by atoms with van der Waals surface area (Å²) in [5, 5.41) is 15.9. The number of ether oxygens (including phenoxy) is 1. The molecule has 2 aromatic carbocycles. The van der Waals surface area contributed by atoms with Gasteiger partial charge in [0.05, 0.1) is 10.5 Å². The van der Waals surface area contributed by atoms with Crippen molar-refractivity contribution in [3.05, 3.63) is 59.7 Å². The van der Waals surface area contributed by atoms with Gasteiger partial charge in [0, 0.05) is 5.56 Å². The molecule has 0 unspecified atom stereocenters. The van der Waals surface area contributed by atoms with Crippen LogP contribution in [0.15, 0.2) is 53.4 Å². The molecule has 2 aromatic rings. The fourth-order valence-corrected chi connectivity index (χ4v) is 2.92. The number of carbonyl (C=O) groups excluding carboxylic acids is 1. The Morgan fingerprint density at radius 2 is 1.77 bits per heavy atom. The molecule has 0 atom stereocenters. The van der Waals surface area contributed by atoms with E-state index >= 15 is 0 Å². The quantitative estimate of drug-likeness (QED) is 0.237. The van der Waals surface area contributed by atoms with E-state index < -0.39 is 28.5 Å². The van der Waals surface area contributed by atoms with Crippen LogP contribution in [0.5, 0.6) is 5.75 Å². The summed E-state index contributed by atoms with van der Waals surface area (Å²) in [6.45, 7) is -0.778. The van der Waals surface area contributed by atoms with E-state index in [9.17, 15) is 18.0 Å². The highest BCUT2D eigenvalue weighted by Gasteiger charge is 2.18. The number of nitrogens with two attached hydrogens (primary N) is 1. The molecule has 0 saturated carbocycles. The minimum absolute atomic E-state index is 0.0288. The van der Waals surface area contributed by atoms with E-state index in [4.69, 9.17) is 21.0 Å². The second kappa shape index (κ2) is 7.76. The fourth-order valence-electron chi connectivity index (χ4n) is 1.90. The molecular weight excluding hydrogens is 362 g/mol. The molecule has 0 spiro atoms. The minimum atomic E-state index is -4.08. The number of carboxylic acids is 1. The molecule has 0 bridgehead atoms. The Morgan fingerprint density at radius 1 is 1.12 bits per heavy atom. The van der Waals surface area contributed by atoms with Crippen molar-refractivity contribution >= 4 is 27.8 Å². The van der Waals surface area contributed by atoms with E-state index in [1.165, 1.54) is 42.5 Å². The van der Waals surface area contributed by atoms with Crippen LogP contribution in [0.2, 0.25) is 0 Å². The lowest BCUT2D eigenvalue weighted by atomic mass is 10.2. The maximum Gasteiger partial charge on any atom is 0.343 e. The van der Waals surface area contributed by atoms with Crippen LogP contribution in [0.25, 0.3) is 0 Å². The molecule has 0 aliphatic rings. The molecule has 0 radical (unpaired) electrons. The summed E-state index contributed by atoms with van der Waals surface area (Å²) in [5.41, 5.74) is 5.76. The van der Waals surface area contributed by atoms with Crippen molar-refractivity contribution in [3.63, 3.8) is 0 Å². The number of carbonyl (C=O) groups is 2. The van der Waals surface area contributed by atoms with Gasteiger partial charge >= 0.3 is 11.9 Å². The largest absolute Gasteiger partial charge is 0.480 e. The van der Waals surface area contributed by atoms with Gasteiger partial charge in [-0.1, -0.05) is 6.07 Å². The monoisotopic (exact) mass is 377 g/mol. The molecule has 0 aliphatic carbocycles. The third kappa shape index (κ3) is 4.88. The summed E-state index contributed by atoms with van der Waals surface area (Å²) in [7, 11) is -4.08. The molecule has 9 nitrogen and oxygen atoms in total. The van der Waals surface area contributed by atoms with Crippen molar-refractivity contribution < 1.29 is 27.9 Å². The van der Waals surface area contributed by atoms with Crippen molar-refractivity contribution in [2.75, 3.05) is 6.54 Å². The first-order valence-corrected chi connectivity index (χ1v) is 8.65. The first-order valence-electron chi connectivity index (χ1n) is 7.17. The zero-order valence-corrected chi connectivity index (χ0v) is 14.1. The standard InChI is InChI=1S/C16H15N3O6S/c17-15(18)10-4-6-12(7-5-10)25-16(22)11-2-1-3-13(8-11)26(23,24)19-9-14(20)21/h1-8,19H,9H2,(H3,17,18)(H,20,21). The average Bonchev–Trinajstić information content (AvgIpc) is 2.60. The van der Waals surface area contributed by atoms with Crippen LogP contribution in [-0.4, -0.2) is 37.8 Å². The number of nitrogen functional groups attached to an aromatic ring is 1. The van der Waals surface area contributed by atoms with Gasteiger partial charge in [-0.2, -0.15) is 4.72 Å². The van der Waals surface area contributed by atoms with E-state index in [-0.39, 0.29) is 22.0 Å². The first-order chi connectivity index (χ1) is 12.2. The van der Waals surface area contributed by atoms with Crippen LogP contribution in [0.3, 0.4) is 0 Å². The van der Waals surface area contributed by atoms with Gasteiger partial charge in [-0.15, -0.1) is 0 Å². The molecule has 0 fully saturated rings. The average molecular weight is 377 g/mol. The number of nitrogens with one attached hydrogen (secondary N) is 2. The van der Waals surface area contributed by atoms with Crippen LogP contribution < -0.4 is 15.2 Å². The van der Waals surface area contributed by atoms with Crippen LogP contribution in [0.4, 0.5) is 0 Å². The Morgan fingerprint density at radius 3 is 2.35 bits per heavy atom. The van der Waals surface area contributed by atoms with Crippen LogP contribution >= 0.6 is 0 Å². The van der Waals surface area contributed by atoms with Gasteiger partial charge in [0.1, 0.15) is 18.1 Å². The molecule has 0 heterocycles. The third-order valence-corrected chi connectivity index (χ3v) is 4.57. The smallest absolute Gasteiger partial charge is 0.343 e. The maximum absolute atomic E-state index is 12.2. The maximum atomic E-state index is 12.2. The Hall–Kier alpha value is -3.24. The predicted molar refractivity (Wildman–Crippen MR) is 91.7 cm³/mol. The molecular formula is C16H15N3O6S. The van der Waals surface area contributed by atoms with Gasteiger partial charge < -0.3 is 15.6 Å². The van der Waals surface area contributed by atoms with Gasteiger partial charge in [-0.25, -0.2) is 13.2 Å². The summed E-state index contributed by atoms with van der Waals surface area (Å²) < 4.78 is 31.1. The van der Waals surface area contributed by atoms with E-state index in [2.05, 4.69) is 0 Å².